The first-order valence-electron chi connectivity index (χ1n) is 7.94. The number of hydrogen-bond donors (Lipinski definition) is 2. The predicted octanol–water partition coefficient (Wildman–Crippen LogP) is 2.08. The van der Waals surface area contributed by atoms with Crippen molar-refractivity contribution < 1.29 is 32.0 Å². The van der Waals surface area contributed by atoms with Gasteiger partial charge in [-0.2, -0.15) is 8.42 Å². The van der Waals surface area contributed by atoms with Crippen LogP contribution in [0.5, 0.6) is 0 Å². The summed E-state index contributed by atoms with van der Waals surface area (Å²) < 4.78 is 33.9. The van der Waals surface area contributed by atoms with Crippen LogP contribution in [0.3, 0.4) is 0 Å². The third-order valence-corrected chi connectivity index (χ3v) is 4.80. The van der Waals surface area contributed by atoms with Gasteiger partial charge < -0.3 is 15.2 Å². The number of benzene rings is 2. The Hall–Kier alpha value is -2.91. The zero-order valence-corrected chi connectivity index (χ0v) is 15.3. The lowest BCUT2D eigenvalue weighted by atomic mass is 10.2. The third-order valence-electron chi connectivity index (χ3n) is 3.50. The number of carboxylic acids is 1. The largest absolute Gasteiger partial charge is 0.480 e. The summed E-state index contributed by atoms with van der Waals surface area (Å²) in [5.74, 6) is -1.45. The molecular formula is C18H19NO7S. The molecule has 0 heterocycles. The van der Waals surface area contributed by atoms with Gasteiger partial charge >= 0.3 is 12.1 Å². The van der Waals surface area contributed by atoms with Gasteiger partial charge in [0.15, 0.2) is 6.04 Å². The molecular weight excluding hydrogens is 374 g/mol. The van der Waals surface area contributed by atoms with E-state index in [9.17, 15) is 18.0 Å². The number of carbonyl (C=O) groups excluding carboxylic acids is 1. The Labute approximate surface area is 156 Å². The van der Waals surface area contributed by atoms with Crippen molar-refractivity contribution in [3.05, 3.63) is 65.7 Å². The van der Waals surface area contributed by atoms with Gasteiger partial charge in [0, 0.05) is 0 Å². The average molecular weight is 393 g/mol. The van der Waals surface area contributed by atoms with Gasteiger partial charge in [-0.3, -0.25) is 4.18 Å². The van der Waals surface area contributed by atoms with Crippen LogP contribution in [-0.4, -0.2) is 38.2 Å². The standard InChI is InChI=1S/C18H19NO7S/c1-13-7-9-15(10-8-13)27(23,24)26-12-16(17(20)21)19-18(22)25-11-14-5-3-2-4-6-14/h2-10,16H,11-12H2,1H3,(H,19,22)(H,20,21). The number of aliphatic carboxylic acids is 1. The van der Waals surface area contributed by atoms with Crippen molar-refractivity contribution >= 4 is 22.2 Å². The van der Waals surface area contributed by atoms with Crippen molar-refractivity contribution in [2.75, 3.05) is 6.61 Å². The summed E-state index contributed by atoms with van der Waals surface area (Å²) >= 11 is 0. The van der Waals surface area contributed by atoms with E-state index in [4.69, 9.17) is 14.0 Å². The molecule has 1 unspecified atom stereocenters. The van der Waals surface area contributed by atoms with Crippen molar-refractivity contribution in [3.63, 3.8) is 0 Å². The molecule has 144 valence electrons. The summed E-state index contributed by atoms with van der Waals surface area (Å²) in [5.41, 5.74) is 1.58. The SMILES string of the molecule is Cc1ccc(S(=O)(=O)OCC(NC(=O)OCc2ccccc2)C(=O)O)cc1. The fraction of sp³-hybridized carbons (Fsp3) is 0.222. The van der Waals surface area contributed by atoms with E-state index < -0.39 is 34.8 Å². The van der Waals surface area contributed by atoms with Gasteiger partial charge in [-0.15, -0.1) is 0 Å². The summed E-state index contributed by atoms with van der Waals surface area (Å²) in [6.07, 6.45) is -0.998. The highest BCUT2D eigenvalue weighted by Crippen LogP contribution is 2.13. The number of nitrogens with one attached hydrogen (secondary N) is 1. The first-order chi connectivity index (χ1) is 12.8. The third kappa shape index (κ3) is 6.39. The number of ether oxygens (including phenoxy) is 1. The highest BCUT2D eigenvalue weighted by atomic mass is 32.2. The van der Waals surface area contributed by atoms with Crippen molar-refractivity contribution in [1.29, 1.82) is 0 Å². The van der Waals surface area contributed by atoms with Crippen LogP contribution in [0, 0.1) is 6.92 Å². The van der Waals surface area contributed by atoms with Gasteiger partial charge in [0.25, 0.3) is 10.1 Å². The van der Waals surface area contributed by atoms with E-state index >= 15 is 0 Å². The number of aryl methyl sites for hydroxylation is 1. The Kier molecular flexibility index (Phi) is 6.91. The van der Waals surface area contributed by atoms with Gasteiger partial charge in [0.1, 0.15) is 6.61 Å². The highest BCUT2D eigenvalue weighted by molar-refractivity contribution is 7.86. The molecule has 0 saturated heterocycles. The maximum absolute atomic E-state index is 12.1. The summed E-state index contributed by atoms with van der Waals surface area (Å²) in [4.78, 5) is 22.9. The van der Waals surface area contributed by atoms with Crippen LogP contribution in [0.2, 0.25) is 0 Å². The maximum Gasteiger partial charge on any atom is 0.408 e. The maximum atomic E-state index is 12.1. The molecule has 8 nitrogen and oxygen atoms in total. The van der Waals surface area contributed by atoms with Crippen molar-refractivity contribution in [1.82, 2.24) is 5.32 Å². The zero-order valence-electron chi connectivity index (χ0n) is 14.5. The quantitative estimate of drug-likeness (QED) is 0.659. The van der Waals surface area contributed by atoms with Crippen LogP contribution in [0.1, 0.15) is 11.1 Å². The first kappa shape index (κ1) is 20.4. The van der Waals surface area contributed by atoms with E-state index in [-0.39, 0.29) is 11.5 Å². The number of hydrogen-bond acceptors (Lipinski definition) is 6. The molecule has 0 bridgehead atoms. The van der Waals surface area contributed by atoms with Crippen molar-refractivity contribution in [2.24, 2.45) is 0 Å². The Morgan fingerprint density at radius 3 is 2.30 bits per heavy atom. The van der Waals surface area contributed by atoms with Gasteiger partial charge in [-0.05, 0) is 24.6 Å². The molecule has 1 atom stereocenters. The number of rotatable bonds is 8. The minimum atomic E-state index is -4.15. The number of carbonyl (C=O) groups is 2. The van der Waals surface area contributed by atoms with Crippen LogP contribution in [0.15, 0.2) is 59.5 Å². The van der Waals surface area contributed by atoms with E-state index in [1.165, 1.54) is 12.1 Å². The molecule has 0 aliphatic heterocycles. The Morgan fingerprint density at radius 1 is 1.07 bits per heavy atom. The topological polar surface area (TPSA) is 119 Å². The normalized spacial score (nSPS) is 12.2. The van der Waals surface area contributed by atoms with Crippen LogP contribution in [-0.2, 0) is 30.4 Å². The molecule has 0 saturated carbocycles. The molecule has 0 spiro atoms. The molecule has 1 amide bonds. The van der Waals surface area contributed by atoms with Gasteiger partial charge in [0.05, 0.1) is 11.5 Å². The Balaban J connectivity index is 1.92. The molecule has 0 aliphatic rings. The summed E-state index contributed by atoms with van der Waals surface area (Å²) in [5, 5.41) is 11.2. The van der Waals surface area contributed by atoms with Gasteiger partial charge in [-0.1, -0.05) is 48.0 Å². The van der Waals surface area contributed by atoms with Crippen molar-refractivity contribution in [2.45, 2.75) is 24.5 Å². The molecule has 2 rings (SSSR count). The van der Waals surface area contributed by atoms with E-state index in [1.807, 2.05) is 0 Å². The summed E-state index contributed by atoms with van der Waals surface area (Å²) in [7, 11) is -4.15. The molecule has 2 aromatic rings. The predicted molar refractivity (Wildman–Crippen MR) is 95.5 cm³/mol. The van der Waals surface area contributed by atoms with Crippen LogP contribution in [0.4, 0.5) is 4.79 Å². The van der Waals surface area contributed by atoms with Crippen LogP contribution >= 0.6 is 0 Å². The lowest BCUT2D eigenvalue weighted by Crippen LogP contribution is -2.44. The van der Waals surface area contributed by atoms with E-state index in [1.54, 1.807) is 49.4 Å². The van der Waals surface area contributed by atoms with E-state index in [2.05, 4.69) is 5.32 Å². The number of amides is 1. The van der Waals surface area contributed by atoms with Crippen LogP contribution < -0.4 is 5.32 Å². The monoisotopic (exact) mass is 393 g/mol. The summed E-state index contributed by atoms with van der Waals surface area (Å²) in [6.45, 7) is 0.968. The van der Waals surface area contributed by atoms with E-state index in [0.29, 0.717) is 0 Å². The second kappa shape index (κ2) is 9.15. The number of alkyl carbamates (subject to hydrolysis) is 1. The molecule has 0 fully saturated rings. The van der Waals surface area contributed by atoms with Gasteiger partial charge in [-0.25, -0.2) is 9.59 Å². The minimum Gasteiger partial charge on any atom is -0.480 e. The fourth-order valence-electron chi connectivity index (χ4n) is 2.01. The Morgan fingerprint density at radius 2 is 1.70 bits per heavy atom. The van der Waals surface area contributed by atoms with Crippen LogP contribution in [0.25, 0.3) is 0 Å². The molecule has 27 heavy (non-hydrogen) atoms. The highest BCUT2D eigenvalue weighted by Gasteiger charge is 2.25. The summed E-state index contributed by atoms with van der Waals surface area (Å²) in [6, 6.07) is 13.1. The fourth-order valence-corrected chi connectivity index (χ4v) is 2.93. The zero-order chi connectivity index (χ0) is 19.9. The molecule has 0 radical (unpaired) electrons. The lowest BCUT2D eigenvalue weighted by molar-refractivity contribution is -0.140. The second-order valence-corrected chi connectivity index (χ2v) is 7.26. The lowest BCUT2D eigenvalue weighted by Gasteiger charge is -2.15. The average Bonchev–Trinajstić information content (AvgIpc) is 2.64. The smallest absolute Gasteiger partial charge is 0.408 e. The van der Waals surface area contributed by atoms with E-state index in [0.717, 1.165) is 11.1 Å². The molecule has 2 aromatic carbocycles. The first-order valence-corrected chi connectivity index (χ1v) is 9.35. The molecule has 9 heteroatoms. The molecule has 0 aliphatic carbocycles. The van der Waals surface area contributed by atoms with Gasteiger partial charge in [0.2, 0.25) is 0 Å². The Bertz CT molecular complexity index is 880. The second-order valence-electron chi connectivity index (χ2n) is 5.65. The minimum absolute atomic E-state index is 0.0540. The number of carboxylic acid groups (broad SMARTS) is 1. The molecule has 0 aromatic heterocycles. The van der Waals surface area contributed by atoms with Crippen molar-refractivity contribution in [3.8, 4) is 0 Å². The molecule has 2 N–H and O–H groups in total.